The van der Waals surface area contributed by atoms with Crippen molar-refractivity contribution in [2.75, 3.05) is 19.0 Å². The number of aliphatic hydroxyl groups is 1. The topological polar surface area (TPSA) is 98.5 Å². The molecule has 0 bridgehead atoms. The van der Waals surface area contributed by atoms with Crippen LogP contribution in [0.1, 0.15) is 24.6 Å². The second kappa shape index (κ2) is 9.98. The van der Waals surface area contributed by atoms with Crippen LogP contribution >= 0.6 is 15.9 Å². The molecule has 0 aliphatic carbocycles. The van der Waals surface area contributed by atoms with Gasteiger partial charge in [-0.05, 0) is 42.3 Å². The zero-order chi connectivity index (χ0) is 26.4. The number of carbonyl (C=O) groups excluding carboxylic acids is 1. The van der Waals surface area contributed by atoms with E-state index in [1.54, 1.807) is 7.11 Å². The van der Waals surface area contributed by atoms with E-state index in [4.69, 9.17) is 9.47 Å². The van der Waals surface area contributed by atoms with Crippen molar-refractivity contribution in [1.82, 2.24) is 15.0 Å². The summed E-state index contributed by atoms with van der Waals surface area (Å²) in [7, 11) is -0.487. The molecule has 3 aromatic rings. The summed E-state index contributed by atoms with van der Waals surface area (Å²) < 4.78 is 15.1. The van der Waals surface area contributed by atoms with Crippen LogP contribution in [0.4, 0.5) is 5.69 Å². The average Bonchev–Trinajstić information content (AvgIpc) is 3.54. The molecular formula is C27H33BrN4O4Si. The van der Waals surface area contributed by atoms with Crippen LogP contribution in [0.25, 0.3) is 0 Å². The fourth-order valence-corrected chi connectivity index (χ4v) is 10.7. The highest BCUT2D eigenvalue weighted by atomic mass is 79.9. The molecule has 0 radical (unpaired) electrons. The van der Waals surface area contributed by atoms with Crippen LogP contribution in [0.2, 0.25) is 18.6 Å². The number of nitrogens with one attached hydrogen (secondary N) is 1. The molecule has 5 rings (SSSR count). The first kappa shape index (κ1) is 26.1. The van der Waals surface area contributed by atoms with Gasteiger partial charge in [-0.15, -0.1) is 5.10 Å². The van der Waals surface area contributed by atoms with Gasteiger partial charge < -0.3 is 19.9 Å². The van der Waals surface area contributed by atoms with Crippen molar-refractivity contribution in [2.45, 2.75) is 56.7 Å². The van der Waals surface area contributed by atoms with Crippen molar-refractivity contribution in [1.29, 1.82) is 0 Å². The number of nitrogens with zero attached hydrogens (tertiary/aromatic N) is 3. The van der Waals surface area contributed by atoms with E-state index >= 15 is 0 Å². The van der Waals surface area contributed by atoms with Gasteiger partial charge in [0.2, 0.25) is 0 Å². The zero-order valence-corrected chi connectivity index (χ0v) is 24.2. The summed E-state index contributed by atoms with van der Waals surface area (Å²) in [6.45, 7) is 7.57. The Morgan fingerprint density at radius 2 is 2.00 bits per heavy atom. The van der Waals surface area contributed by atoms with Gasteiger partial charge >= 0.3 is 0 Å². The summed E-state index contributed by atoms with van der Waals surface area (Å²) in [5, 5.41) is 22.0. The van der Waals surface area contributed by atoms with Gasteiger partial charge in [0.05, 0.1) is 27.0 Å². The van der Waals surface area contributed by atoms with Gasteiger partial charge in [-0.2, -0.15) is 0 Å². The van der Waals surface area contributed by atoms with E-state index in [-0.39, 0.29) is 30.1 Å². The summed E-state index contributed by atoms with van der Waals surface area (Å²) >= 11 is 3.60. The van der Waals surface area contributed by atoms with Crippen LogP contribution in [0.3, 0.4) is 0 Å². The molecule has 8 nitrogen and oxygen atoms in total. The van der Waals surface area contributed by atoms with E-state index in [1.165, 1.54) is 5.19 Å². The van der Waals surface area contributed by atoms with Gasteiger partial charge in [-0.1, -0.05) is 58.5 Å². The maximum absolute atomic E-state index is 13.7. The maximum Gasteiger partial charge on any atom is 0.261 e. The normalized spacial score (nSPS) is 24.9. The molecule has 2 aliphatic heterocycles. The molecule has 1 aromatic heterocycles. The molecule has 1 saturated heterocycles. The van der Waals surface area contributed by atoms with E-state index in [0.29, 0.717) is 19.4 Å². The van der Waals surface area contributed by atoms with Crippen LogP contribution in [0.15, 0.2) is 53.1 Å². The molecule has 3 heterocycles. The highest BCUT2D eigenvalue weighted by Crippen LogP contribution is 2.58. The van der Waals surface area contributed by atoms with E-state index in [0.717, 1.165) is 27.2 Å². The second-order valence-corrected chi connectivity index (χ2v) is 16.1. The summed E-state index contributed by atoms with van der Waals surface area (Å²) in [5.74, 6) is 0.694. The molecule has 37 heavy (non-hydrogen) atoms. The number of halogens is 1. The second-order valence-electron chi connectivity index (χ2n) is 10.5. The minimum Gasteiger partial charge on any atom is -0.497 e. The summed E-state index contributed by atoms with van der Waals surface area (Å²) in [5.41, 5.74) is 1.59. The first-order chi connectivity index (χ1) is 17.7. The highest BCUT2D eigenvalue weighted by molar-refractivity contribution is 9.10. The van der Waals surface area contributed by atoms with Gasteiger partial charge in [0.1, 0.15) is 5.75 Å². The van der Waals surface area contributed by atoms with E-state index in [1.807, 2.05) is 41.2 Å². The number of rotatable bonds is 8. The van der Waals surface area contributed by atoms with Crippen LogP contribution in [-0.2, 0) is 28.1 Å². The largest absolute Gasteiger partial charge is 0.497 e. The first-order valence-electron chi connectivity index (χ1n) is 12.6. The molecule has 1 amide bonds. The Balaban J connectivity index is 1.53. The number of methoxy groups -OCH3 is 1. The fourth-order valence-electron chi connectivity index (χ4n) is 6.31. The summed E-state index contributed by atoms with van der Waals surface area (Å²) in [4.78, 5) is 13.7. The minimum atomic E-state index is -2.16. The Morgan fingerprint density at radius 3 is 2.70 bits per heavy atom. The van der Waals surface area contributed by atoms with Crippen molar-refractivity contribution in [3.8, 4) is 5.75 Å². The number of aromatic nitrogens is 3. The van der Waals surface area contributed by atoms with Gasteiger partial charge in [-0.3, -0.25) is 9.48 Å². The molecule has 0 saturated carbocycles. The third-order valence-corrected chi connectivity index (χ3v) is 13.0. The number of fused-ring (bicyclic) bond motifs is 2. The van der Waals surface area contributed by atoms with Gasteiger partial charge in [0.15, 0.2) is 5.60 Å². The standard InChI is InChI=1S/C27H33BrN4O4Si/c1-17-25(37(3,4)21-8-6-20(35-2)7-9-21)24(11-13-32-16-19(12-14-33)30-31-32)36-27(17)22-15-18(28)5-10-23(22)29-26(27)34/h5-10,15-17,24-25,33H,11-14H2,1-4H3,(H,29,34)/t17-,24+,25-,27+/m0/s1. The molecule has 1 spiro atoms. The van der Waals surface area contributed by atoms with Crippen molar-refractivity contribution in [3.05, 3.63) is 64.4 Å². The summed E-state index contributed by atoms with van der Waals surface area (Å²) in [6, 6.07) is 14.3. The number of anilines is 1. The molecule has 0 unspecified atom stereocenters. The van der Waals surface area contributed by atoms with Crippen molar-refractivity contribution < 1.29 is 19.4 Å². The molecule has 2 aromatic carbocycles. The number of carbonyl (C=O) groups is 1. The van der Waals surface area contributed by atoms with E-state index in [9.17, 15) is 9.90 Å². The predicted molar refractivity (Wildman–Crippen MR) is 148 cm³/mol. The molecule has 196 valence electrons. The number of amides is 1. The molecule has 2 aliphatic rings. The van der Waals surface area contributed by atoms with E-state index < -0.39 is 13.7 Å². The Bertz CT molecular complexity index is 1300. The van der Waals surface area contributed by atoms with Crippen LogP contribution in [-0.4, -0.2) is 53.9 Å². The fraction of sp³-hybridized carbons (Fsp3) is 0.444. The lowest BCUT2D eigenvalue weighted by Crippen LogP contribution is -2.51. The van der Waals surface area contributed by atoms with E-state index in [2.05, 4.69) is 63.7 Å². The summed E-state index contributed by atoms with van der Waals surface area (Å²) in [6.07, 6.45) is 2.90. The lowest BCUT2D eigenvalue weighted by atomic mass is 9.82. The molecule has 10 heteroatoms. The third-order valence-electron chi connectivity index (χ3n) is 8.15. The zero-order valence-electron chi connectivity index (χ0n) is 21.6. The van der Waals surface area contributed by atoms with Crippen molar-refractivity contribution >= 4 is 40.8 Å². The number of hydrogen-bond acceptors (Lipinski definition) is 6. The predicted octanol–water partition coefficient (Wildman–Crippen LogP) is 3.84. The molecule has 4 atom stereocenters. The number of ether oxygens (including phenoxy) is 2. The molecular weight excluding hydrogens is 552 g/mol. The van der Waals surface area contributed by atoms with Crippen molar-refractivity contribution in [3.63, 3.8) is 0 Å². The monoisotopic (exact) mass is 584 g/mol. The van der Waals surface area contributed by atoms with Crippen LogP contribution in [0.5, 0.6) is 5.75 Å². The smallest absolute Gasteiger partial charge is 0.261 e. The Kier molecular flexibility index (Phi) is 7.03. The van der Waals surface area contributed by atoms with Gasteiger partial charge in [0, 0.05) is 47.4 Å². The lowest BCUT2D eigenvalue weighted by molar-refractivity contribution is -0.143. The number of benzene rings is 2. The van der Waals surface area contributed by atoms with Gasteiger partial charge in [-0.25, -0.2) is 0 Å². The molecule has 1 fully saturated rings. The van der Waals surface area contributed by atoms with Crippen molar-refractivity contribution in [2.24, 2.45) is 5.92 Å². The highest BCUT2D eigenvalue weighted by Gasteiger charge is 2.64. The number of aryl methyl sites for hydroxylation is 1. The number of aliphatic hydroxyl groups excluding tert-OH is 1. The van der Waals surface area contributed by atoms with Gasteiger partial charge in [0.25, 0.3) is 5.91 Å². The Morgan fingerprint density at radius 1 is 1.24 bits per heavy atom. The maximum atomic E-state index is 13.7. The minimum absolute atomic E-state index is 0.0399. The third kappa shape index (κ3) is 4.43. The lowest BCUT2D eigenvalue weighted by Gasteiger charge is -2.37. The quantitative estimate of drug-likeness (QED) is 0.390. The Labute approximate surface area is 226 Å². The Hall–Kier alpha value is -2.53. The van der Waals surface area contributed by atoms with Crippen LogP contribution < -0.4 is 15.2 Å². The average molecular weight is 586 g/mol. The first-order valence-corrected chi connectivity index (χ1v) is 16.5. The number of hydrogen-bond donors (Lipinski definition) is 2. The molecule has 2 N–H and O–H groups in total. The van der Waals surface area contributed by atoms with Crippen LogP contribution in [0, 0.1) is 5.92 Å². The SMILES string of the molecule is COc1ccc([Si](C)(C)[C@@H]2[C@@H](CCn3cc(CCO)nn3)O[C@]3(C(=O)Nc4ccc(Br)cc43)[C@H]2C)cc1.